The lowest BCUT2D eigenvalue weighted by Crippen LogP contribution is -2.22. The monoisotopic (exact) mass is 356 g/mol. The minimum atomic E-state index is -0.117. The maximum absolute atomic E-state index is 13.5. The van der Waals surface area contributed by atoms with Crippen LogP contribution in [0.25, 0.3) is 27.6 Å². The van der Waals surface area contributed by atoms with Crippen LogP contribution >= 0.6 is 0 Å². The molecule has 2 aromatic carbocycles. The van der Waals surface area contributed by atoms with E-state index in [0.717, 1.165) is 34.3 Å². The van der Waals surface area contributed by atoms with Gasteiger partial charge in [-0.1, -0.05) is 43.3 Å². The second-order valence-corrected chi connectivity index (χ2v) is 6.64. The summed E-state index contributed by atoms with van der Waals surface area (Å²) in [5.74, 6) is 0. The van der Waals surface area contributed by atoms with E-state index in [1.165, 1.54) is 0 Å². The molecule has 0 aliphatic carbocycles. The number of rotatable bonds is 3. The number of benzene rings is 2. The molecule has 4 rings (SSSR count). The number of hydrogen-bond acceptors (Lipinski definition) is 2. The highest BCUT2D eigenvalue weighted by Gasteiger charge is 2.14. The minimum Gasteiger partial charge on any atom is -0.328 e. The van der Waals surface area contributed by atoms with Gasteiger partial charge in [-0.25, -0.2) is 0 Å². The van der Waals surface area contributed by atoms with E-state index in [1.54, 1.807) is 17.7 Å². The standard InChI is InChI=1S/C23H20N2O2/c1-3-18-13-16-8-7-11-20(17-12-15(2)22(26)24-14-17)21(16)23(27)25(18)19-9-5-4-6-10-19/h4-14H,3H2,1-2H3,(H,24,26). The van der Waals surface area contributed by atoms with Crippen molar-refractivity contribution in [3.05, 3.63) is 98.8 Å². The number of nitrogens with one attached hydrogen (secondary N) is 1. The van der Waals surface area contributed by atoms with Crippen LogP contribution in [0, 0.1) is 6.92 Å². The van der Waals surface area contributed by atoms with Crippen molar-refractivity contribution in [3.63, 3.8) is 0 Å². The van der Waals surface area contributed by atoms with Crippen molar-refractivity contribution in [1.82, 2.24) is 9.55 Å². The zero-order valence-electron chi connectivity index (χ0n) is 15.3. The average molecular weight is 356 g/mol. The Balaban J connectivity index is 2.10. The van der Waals surface area contributed by atoms with Crippen molar-refractivity contribution in [2.45, 2.75) is 20.3 Å². The number of hydrogen-bond donors (Lipinski definition) is 1. The Kier molecular flexibility index (Phi) is 4.24. The summed E-state index contributed by atoms with van der Waals surface area (Å²) >= 11 is 0. The molecule has 0 radical (unpaired) electrons. The molecule has 4 nitrogen and oxygen atoms in total. The second-order valence-electron chi connectivity index (χ2n) is 6.64. The predicted molar refractivity (Wildman–Crippen MR) is 110 cm³/mol. The van der Waals surface area contributed by atoms with Crippen LogP contribution in [0.1, 0.15) is 18.2 Å². The summed E-state index contributed by atoms with van der Waals surface area (Å²) in [5.41, 5.74) is 3.94. The fourth-order valence-corrected chi connectivity index (χ4v) is 3.53. The van der Waals surface area contributed by atoms with E-state index in [-0.39, 0.29) is 11.1 Å². The van der Waals surface area contributed by atoms with Gasteiger partial charge in [-0.3, -0.25) is 14.2 Å². The summed E-state index contributed by atoms with van der Waals surface area (Å²) in [7, 11) is 0. The SMILES string of the molecule is CCc1cc2cccc(-c3c[nH]c(=O)c(C)c3)c2c(=O)n1-c1ccccc1. The highest BCUT2D eigenvalue weighted by molar-refractivity contribution is 5.96. The first-order valence-electron chi connectivity index (χ1n) is 9.03. The van der Waals surface area contributed by atoms with E-state index in [1.807, 2.05) is 54.6 Å². The number of pyridine rings is 2. The van der Waals surface area contributed by atoms with E-state index in [0.29, 0.717) is 10.9 Å². The van der Waals surface area contributed by atoms with Gasteiger partial charge >= 0.3 is 0 Å². The van der Waals surface area contributed by atoms with Crippen LogP contribution in [0.5, 0.6) is 0 Å². The van der Waals surface area contributed by atoms with Crippen molar-refractivity contribution >= 4 is 10.8 Å². The quantitative estimate of drug-likeness (QED) is 0.598. The van der Waals surface area contributed by atoms with Gasteiger partial charge in [-0.05, 0) is 54.1 Å². The van der Waals surface area contributed by atoms with Crippen LogP contribution < -0.4 is 11.1 Å². The molecule has 0 spiro atoms. The second kappa shape index (κ2) is 6.72. The fraction of sp³-hybridized carbons (Fsp3) is 0.130. The van der Waals surface area contributed by atoms with Gasteiger partial charge in [0.15, 0.2) is 0 Å². The molecule has 0 atom stereocenters. The van der Waals surface area contributed by atoms with Gasteiger partial charge < -0.3 is 4.98 Å². The molecule has 2 heterocycles. The van der Waals surface area contributed by atoms with Gasteiger partial charge in [0, 0.05) is 23.1 Å². The van der Waals surface area contributed by atoms with Crippen molar-refractivity contribution < 1.29 is 0 Å². The predicted octanol–water partition coefficient (Wildman–Crippen LogP) is 4.22. The van der Waals surface area contributed by atoms with Gasteiger partial charge in [0.1, 0.15) is 0 Å². The minimum absolute atomic E-state index is 0.0463. The third kappa shape index (κ3) is 2.89. The summed E-state index contributed by atoms with van der Waals surface area (Å²) in [6.07, 6.45) is 2.42. The van der Waals surface area contributed by atoms with Gasteiger partial charge in [0.05, 0.1) is 5.39 Å². The molecule has 4 heteroatoms. The first-order chi connectivity index (χ1) is 13.1. The third-order valence-electron chi connectivity index (χ3n) is 4.90. The molecule has 1 N–H and O–H groups in total. The van der Waals surface area contributed by atoms with Gasteiger partial charge in [-0.2, -0.15) is 0 Å². The zero-order valence-corrected chi connectivity index (χ0v) is 15.3. The molecule has 27 heavy (non-hydrogen) atoms. The van der Waals surface area contributed by atoms with Crippen molar-refractivity contribution in [1.29, 1.82) is 0 Å². The molecule has 0 saturated heterocycles. The van der Waals surface area contributed by atoms with E-state index in [2.05, 4.69) is 18.0 Å². The highest BCUT2D eigenvalue weighted by atomic mass is 16.1. The molecule has 134 valence electrons. The van der Waals surface area contributed by atoms with Crippen molar-refractivity contribution in [2.24, 2.45) is 0 Å². The zero-order chi connectivity index (χ0) is 19.0. The first-order valence-corrected chi connectivity index (χ1v) is 9.03. The molecular weight excluding hydrogens is 336 g/mol. The Morgan fingerprint density at radius 1 is 0.963 bits per heavy atom. The number of para-hydroxylation sites is 1. The summed E-state index contributed by atoms with van der Waals surface area (Å²) in [5, 5.41) is 1.57. The molecular formula is C23H20N2O2. The van der Waals surface area contributed by atoms with Gasteiger partial charge in [-0.15, -0.1) is 0 Å². The number of H-pyrrole nitrogens is 1. The Labute approximate surface area is 156 Å². The smallest absolute Gasteiger partial charge is 0.263 e. The van der Waals surface area contributed by atoms with Crippen LogP contribution in [-0.4, -0.2) is 9.55 Å². The summed E-state index contributed by atoms with van der Waals surface area (Å²) < 4.78 is 1.78. The lowest BCUT2D eigenvalue weighted by molar-refractivity contribution is 0.889. The number of aromatic nitrogens is 2. The summed E-state index contributed by atoms with van der Waals surface area (Å²) in [4.78, 5) is 28.0. The highest BCUT2D eigenvalue weighted by Crippen LogP contribution is 2.27. The molecule has 4 aromatic rings. The molecule has 0 bridgehead atoms. The Bertz CT molecular complexity index is 1250. The lowest BCUT2D eigenvalue weighted by Gasteiger charge is -2.15. The van der Waals surface area contributed by atoms with Crippen LogP contribution in [0.4, 0.5) is 0 Å². The maximum Gasteiger partial charge on any atom is 0.263 e. The number of fused-ring (bicyclic) bond motifs is 1. The molecule has 0 amide bonds. The largest absolute Gasteiger partial charge is 0.328 e. The van der Waals surface area contributed by atoms with Crippen molar-refractivity contribution in [2.75, 3.05) is 0 Å². The first kappa shape index (κ1) is 17.0. The molecule has 2 aromatic heterocycles. The molecule has 0 saturated carbocycles. The Morgan fingerprint density at radius 2 is 1.74 bits per heavy atom. The molecule has 0 aliphatic heterocycles. The van der Waals surface area contributed by atoms with Crippen molar-refractivity contribution in [3.8, 4) is 16.8 Å². The summed E-state index contributed by atoms with van der Waals surface area (Å²) in [6.45, 7) is 3.82. The van der Waals surface area contributed by atoms with Crippen LogP contribution in [0.15, 0.2) is 76.4 Å². The summed E-state index contributed by atoms with van der Waals surface area (Å²) in [6, 6.07) is 19.4. The van der Waals surface area contributed by atoms with E-state index in [9.17, 15) is 9.59 Å². The van der Waals surface area contributed by atoms with Crippen LogP contribution in [-0.2, 0) is 6.42 Å². The topological polar surface area (TPSA) is 54.9 Å². The van der Waals surface area contributed by atoms with Gasteiger partial charge in [0.2, 0.25) is 0 Å². The average Bonchev–Trinajstić information content (AvgIpc) is 2.70. The van der Waals surface area contributed by atoms with E-state index in [4.69, 9.17) is 0 Å². The van der Waals surface area contributed by atoms with E-state index < -0.39 is 0 Å². The third-order valence-corrected chi connectivity index (χ3v) is 4.90. The van der Waals surface area contributed by atoms with Crippen LogP contribution in [0.2, 0.25) is 0 Å². The van der Waals surface area contributed by atoms with Crippen LogP contribution in [0.3, 0.4) is 0 Å². The number of aryl methyl sites for hydroxylation is 2. The Morgan fingerprint density at radius 3 is 2.44 bits per heavy atom. The molecule has 0 unspecified atom stereocenters. The van der Waals surface area contributed by atoms with E-state index >= 15 is 0 Å². The van der Waals surface area contributed by atoms with Gasteiger partial charge in [0.25, 0.3) is 11.1 Å². The number of nitrogens with zero attached hydrogens (tertiary/aromatic N) is 1. The normalized spacial score (nSPS) is 11.0. The maximum atomic E-state index is 13.5. The molecule has 0 aliphatic rings. The lowest BCUT2D eigenvalue weighted by atomic mass is 9.98. The molecule has 0 fully saturated rings. The Hall–Kier alpha value is -3.40. The number of aromatic amines is 1. The fourth-order valence-electron chi connectivity index (χ4n) is 3.53.